The van der Waals surface area contributed by atoms with Crippen molar-refractivity contribution in [3.63, 3.8) is 0 Å². The average molecular weight is 309 g/mol. The molecule has 2 aromatic rings. The first-order chi connectivity index (χ1) is 10.0. The Labute approximate surface area is 124 Å². The van der Waals surface area contributed by atoms with Crippen LogP contribution in [0.2, 0.25) is 0 Å². The van der Waals surface area contributed by atoms with Crippen LogP contribution in [-0.4, -0.2) is 36.3 Å². The molecule has 114 valence electrons. The van der Waals surface area contributed by atoms with Crippen molar-refractivity contribution in [3.05, 3.63) is 36.4 Å². The minimum absolute atomic E-state index is 0.248. The summed E-state index contributed by atoms with van der Waals surface area (Å²) in [5.41, 5.74) is 0.897. The van der Waals surface area contributed by atoms with Crippen LogP contribution in [0.25, 0.3) is 0 Å². The van der Waals surface area contributed by atoms with Gasteiger partial charge in [0.1, 0.15) is 6.33 Å². The number of aryl methyl sites for hydroxylation is 1. The van der Waals surface area contributed by atoms with Crippen LogP contribution in [0.5, 0.6) is 0 Å². The maximum Gasteiger partial charge on any atom is 0.240 e. The monoisotopic (exact) mass is 309 g/mol. The molecule has 0 aliphatic heterocycles. The SMILES string of the molecule is CCNc1ccc(S(=O)(=O)NCCc2ncn(C)n2)cc1. The number of sulfonamides is 1. The van der Waals surface area contributed by atoms with E-state index in [0.717, 1.165) is 12.2 Å². The van der Waals surface area contributed by atoms with Crippen LogP contribution in [0.15, 0.2) is 35.5 Å². The molecular formula is C13H19N5O2S. The van der Waals surface area contributed by atoms with Crippen molar-refractivity contribution >= 4 is 15.7 Å². The molecule has 0 unspecified atom stereocenters. The lowest BCUT2D eigenvalue weighted by atomic mass is 10.3. The van der Waals surface area contributed by atoms with Crippen molar-refractivity contribution in [2.24, 2.45) is 7.05 Å². The van der Waals surface area contributed by atoms with E-state index in [2.05, 4.69) is 20.1 Å². The van der Waals surface area contributed by atoms with Gasteiger partial charge in [0.15, 0.2) is 5.82 Å². The Morgan fingerprint density at radius 1 is 1.24 bits per heavy atom. The molecule has 0 spiro atoms. The molecule has 21 heavy (non-hydrogen) atoms. The van der Waals surface area contributed by atoms with Gasteiger partial charge < -0.3 is 5.32 Å². The highest BCUT2D eigenvalue weighted by molar-refractivity contribution is 7.89. The third kappa shape index (κ3) is 4.27. The summed E-state index contributed by atoms with van der Waals surface area (Å²) < 4.78 is 28.4. The Morgan fingerprint density at radius 3 is 2.52 bits per heavy atom. The van der Waals surface area contributed by atoms with Gasteiger partial charge >= 0.3 is 0 Å². The zero-order valence-corrected chi connectivity index (χ0v) is 12.9. The minimum Gasteiger partial charge on any atom is -0.385 e. The van der Waals surface area contributed by atoms with Crippen LogP contribution in [0.1, 0.15) is 12.7 Å². The molecule has 0 radical (unpaired) electrons. The zero-order chi connectivity index (χ0) is 15.3. The third-order valence-electron chi connectivity index (χ3n) is 2.83. The van der Waals surface area contributed by atoms with E-state index in [1.807, 2.05) is 6.92 Å². The van der Waals surface area contributed by atoms with E-state index in [-0.39, 0.29) is 11.4 Å². The molecule has 1 aromatic heterocycles. The van der Waals surface area contributed by atoms with Crippen LogP contribution >= 0.6 is 0 Å². The molecule has 0 amide bonds. The predicted molar refractivity (Wildman–Crippen MR) is 80.5 cm³/mol. The highest BCUT2D eigenvalue weighted by Crippen LogP contribution is 2.13. The first-order valence-electron chi connectivity index (χ1n) is 6.69. The summed E-state index contributed by atoms with van der Waals surface area (Å²) in [6.45, 7) is 3.04. The molecule has 1 heterocycles. The molecule has 0 saturated heterocycles. The number of aromatic nitrogens is 3. The van der Waals surface area contributed by atoms with Crippen LogP contribution in [0.4, 0.5) is 5.69 Å². The summed E-state index contributed by atoms with van der Waals surface area (Å²) >= 11 is 0. The molecule has 0 saturated carbocycles. The number of benzene rings is 1. The summed E-state index contributed by atoms with van der Waals surface area (Å²) in [5, 5.41) is 7.22. The fourth-order valence-corrected chi connectivity index (χ4v) is 2.87. The van der Waals surface area contributed by atoms with Crippen molar-refractivity contribution in [2.75, 3.05) is 18.4 Å². The lowest BCUT2D eigenvalue weighted by Gasteiger charge is -2.07. The largest absolute Gasteiger partial charge is 0.385 e. The zero-order valence-electron chi connectivity index (χ0n) is 12.1. The smallest absolute Gasteiger partial charge is 0.240 e. The highest BCUT2D eigenvalue weighted by Gasteiger charge is 2.13. The van der Waals surface area contributed by atoms with Crippen molar-refractivity contribution in [2.45, 2.75) is 18.2 Å². The van der Waals surface area contributed by atoms with Crippen LogP contribution in [0.3, 0.4) is 0 Å². The number of hydrogen-bond donors (Lipinski definition) is 2. The maximum absolute atomic E-state index is 12.1. The van der Waals surface area contributed by atoms with Gasteiger partial charge in [-0.1, -0.05) is 0 Å². The first-order valence-corrected chi connectivity index (χ1v) is 8.17. The fourth-order valence-electron chi connectivity index (χ4n) is 1.84. The highest BCUT2D eigenvalue weighted by atomic mass is 32.2. The lowest BCUT2D eigenvalue weighted by Crippen LogP contribution is -2.26. The number of hydrogen-bond acceptors (Lipinski definition) is 5. The number of nitrogens with one attached hydrogen (secondary N) is 2. The fraction of sp³-hybridized carbons (Fsp3) is 0.385. The quantitative estimate of drug-likeness (QED) is 0.788. The average Bonchev–Trinajstić information content (AvgIpc) is 2.85. The number of rotatable bonds is 7. The van der Waals surface area contributed by atoms with Crippen LogP contribution < -0.4 is 10.0 Å². The van der Waals surface area contributed by atoms with Crippen molar-refractivity contribution < 1.29 is 8.42 Å². The topological polar surface area (TPSA) is 88.9 Å². The van der Waals surface area contributed by atoms with Crippen LogP contribution in [0, 0.1) is 0 Å². The second-order valence-electron chi connectivity index (χ2n) is 4.54. The maximum atomic E-state index is 12.1. The Hall–Kier alpha value is -1.93. The molecule has 8 heteroatoms. The first kappa shape index (κ1) is 15.5. The molecule has 0 fully saturated rings. The Balaban J connectivity index is 1.94. The third-order valence-corrected chi connectivity index (χ3v) is 4.31. The van der Waals surface area contributed by atoms with E-state index in [4.69, 9.17) is 0 Å². The molecule has 1 aromatic carbocycles. The predicted octanol–water partition coefficient (Wildman–Crippen LogP) is 0.768. The lowest BCUT2D eigenvalue weighted by molar-refractivity contribution is 0.580. The molecule has 0 aliphatic carbocycles. The van der Waals surface area contributed by atoms with Crippen LogP contribution in [-0.2, 0) is 23.5 Å². The van der Waals surface area contributed by atoms with E-state index < -0.39 is 10.0 Å². The van der Waals surface area contributed by atoms with Gasteiger partial charge in [-0.3, -0.25) is 4.68 Å². The van der Waals surface area contributed by atoms with Gasteiger partial charge in [0.05, 0.1) is 4.90 Å². The van der Waals surface area contributed by atoms with Gasteiger partial charge in [-0.05, 0) is 31.2 Å². The molecule has 2 N–H and O–H groups in total. The molecule has 7 nitrogen and oxygen atoms in total. The second kappa shape index (κ2) is 6.68. The standard InChI is InChI=1S/C13H19N5O2S/c1-3-14-11-4-6-12(7-5-11)21(19,20)16-9-8-13-15-10-18(2)17-13/h4-7,10,14,16H,3,8-9H2,1-2H3. The second-order valence-corrected chi connectivity index (χ2v) is 6.30. The van der Waals surface area contributed by atoms with Gasteiger partial charge in [0.25, 0.3) is 0 Å². The number of nitrogens with zero attached hydrogens (tertiary/aromatic N) is 3. The molecular weight excluding hydrogens is 290 g/mol. The van der Waals surface area contributed by atoms with E-state index >= 15 is 0 Å². The van der Waals surface area contributed by atoms with E-state index in [0.29, 0.717) is 12.2 Å². The van der Waals surface area contributed by atoms with Crippen molar-refractivity contribution in [1.82, 2.24) is 19.5 Å². The Kier molecular flexibility index (Phi) is 4.92. The van der Waals surface area contributed by atoms with E-state index in [1.165, 1.54) is 0 Å². The van der Waals surface area contributed by atoms with E-state index in [9.17, 15) is 8.42 Å². The van der Waals surface area contributed by atoms with Gasteiger partial charge in [0.2, 0.25) is 10.0 Å². The summed E-state index contributed by atoms with van der Waals surface area (Å²) in [6, 6.07) is 6.66. The van der Waals surface area contributed by atoms with Gasteiger partial charge in [0, 0.05) is 32.2 Å². The van der Waals surface area contributed by atoms with Gasteiger partial charge in [-0.15, -0.1) is 0 Å². The normalized spacial score (nSPS) is 11.5. The summed E-state index contributed by atoms with van der Waals surface area (Å²) in [4.78, 5) is 4.30. The summed E-state index contributed by atoms with van der Waals surface area (Å²) in [5.74, 6) is 0.614. The summed E-state index contributed by atoms with van der Waals surface area (Å²) in [6.07, 6.45) is 2.04. The summed E-state index contributed by atoms with van der Waals surface area (Å²) in [7, 11) is -1.73. The van der Waals surface area contributed by atoms with Gasteiger partial charge in [-0.2, -0.15) is 5.10 Å². The van der Waals surface area contributed by atoms with Crippen molar-refractivity contribution in [1.29, 1.82) is 0 Å². The van der Waals surface area contributed by atoms with Crippen molar-refractivity contribution in [3.8, 4) is 0 Å². The molecule has 0 aliphatic rings. The Bertz CT molecular complexity index is 679. The van der Waals surface area contributed by atoms with E-state index in [1.54, 1.807) is 42.3 Å². The Morgan fingerprint density at radius 2 is 1.95 bits per heavy atom. The van der Waals surface area contributed by atoms with Gasteiger partial charge in [-0.25, -0.2) is 18.1 Å². The minimum atomic E-state index is -3.50. The molecule has 2 rings (SSSR count). The molecule has 0 atom stereocenters. The molecule has 0 bridgehead atoms. The number of anilines is 1.